The van der Waals surface area contributed by atoms with Crippen molar-refractivity contribution in [3.05, 3.63) is 0 Å². The maximum Gasteiger partial charge on any atom is 0.244 e. The number of carbonyl (C=O) groups excluding carboxylic acids is 2. The zero-order chi connectivity index (χ0) is 9.84. The lowest BCUT2D eigenvalue weighted by molar-refractivity contribution is -0.149. The molecule has 0 N–H and O–H groups in total. The summed E-state index contributed by atoms with van der Waals surface area (Å²) in [6.45, 7) is 2.72. The van der Waals surface area contributed by atoms with Gasteiger partial charge in [0.2, 0.25) is 11.8 Å². The molecule has 1 heterocycles. The van der Waals surface area contributed by atoms with E-state index in [9.17, 15) is 9.59 Å². The summed E-state index contributed by atoms with van der Waals surface area (Å²) in [6, 6.07) is 0. The molecule has 0 aromatic rings. The van der Waals surface area contributed by atoms with Crippen molar-refractivity contribution in [1.29, 1.82) is 0 Å². The zero-order valence-electron chi connectivity index (χ0n) is 7.95. The van der Waals surface area contributed by atoms with Crippen LogP contribution in [-0.2, 0) is 9.59 Å². The van der Waals surface area contributed by atoms with Crippen LogP contribution >= 0.6 is 11.8 Å². The first kappa shape index (κ1) is 10.5. The Hall–Kier alpha value is -0.550. The second-order valence-electron chi connectivity index (χ2n) is 3.01. The molecule has 4 nitrogen and oxygen atoms in total. The number of hydrogen-bond donors (Lipinski definition) is 0. The lowest BCUT2D eigenvalue weighted by Crippen LogP contribution is -2.52. The molecule has 0 unspecified atom stereocenters. The van der Waals surface area contributed by atoms with Gasteiger partial charge in [0.05, 0.1) is 19.0 Å². The number of amides is 2. The Kier molecular flexibility index (Phi) is 3.74. The van der Waals surface area contributed by atoms with Crippen LogP contribution in [0.15, 0.2) is 0 Å². The molecule has 1 saturated heterocycles. The van der Waals surface area contributed by atoms with Crippen LogP contribution in [0.5, 0.6) is 0 Å². The Balaban J connectivity index is 2.52. The van der Waals surface area contributed by atoms with Gasteiger partial charge in [-0.1, -0.05) is 6.92 Å². The number of rotatable bonds is 3. The molecule has 0 atom stereocenters. The van der Waals surface area contributed by atoms with E-state index in [-0.39, 0.29) is 11.8 Å². The zero-order valence-corrected chi connectivity index (χ0v) is 8.76. The van der Waals surface area contributed by atoms with E-state index >= 15 is 0 Å². The number of nitrogens with zero attached hydrogens (tertiary/aromatic N) is 2. The van der Waals surface area contributed by atoms with Gasteiger partial charge < -0.3 is 0 Å². The molecule has 1 aliphatic rings. The smallest absolute Gasteiger partial charge is 0.244 e. The number of imide groups is 1. The normalized spacial score (nSPS) is 19.7. The van der Waals surface area contributed by atoms with Gasteiger partial charge in [-0.3, -0.25) is 19.4 Å². The van der Waals surface area contributed by atoms with E-state index < -0.39 is 0 Å². The van der Waals surface area contributed by atoms with Gasteiger partial charge in [0.15, 0.2) is 0 Å². The maximum absolute atomic E-state index is 11.4. The van der Waals surface area contributed by atoms with Gasteiger partial charge in [0.1, 0.15) is 0 Å². The van der Waals surface area contributed by atoms with Crippen molar-refractivity contribution in [3.63, 3.8) is 0 Å². The molecule has 0 aromatic carbocycles. The fourth-order valence-corrected chi connectivity index (χ4v) is 1.81. The monoisotopic (exact) mass is 202 g/mol. The van der Waals surface area contributed by atoms with Crippen molar-refractivity contribution >= 4 is 23.6 Å². The number of thioether (sulfide) groups is 1. The SMILES string of the molecule is CCSCN1C(=O)CN(C)CC1=O. The number of hydrogen-bond acceptors (Lipinski definition) is 4. The van der Waals surface area contributed by atoms with Crippen molar-refractivity contribution in [3.8, 4) is 0 Å². The summed E-state index contributed by atoms with van der Waals surface area (Å²) in [6.07, 6.45) is 0. The van der Waals surface area contributed by atoms with Crippen LogP contribution in [0.2, 0.25) is 0 Å². The lowest BCUT2D eigenvalue weighted by Gasteiger charge is -2.29. The summed E-state index contributed by atoms with van der Waals surface area (Å²) in [5.74, 6) is 1.26. The predicted molar refractivity (Wildman–Crippen MR) is 52.3 cm³/mol. The third-order valence-electron chi connectivity index (χ3n) is 1.84. The summed E-state index contributed by atoms with van der Waals surface area (Å²) < 4.78 is 0. The van der Waals surface area contributed by atoms with Gasteiger partial charge in [-0.2, -0.15) is 0 Å². The fraction of sp³-hybridized carbons (Fsp3) is 0.750. The highest BCUT2D eigenvalue weighted by atomic mass is 32.2. The molecule has 0 aromatic heterocycles. The van der Waals surface area contributed by atoms with E-state index in [0.29, 0.717) is 19.0 Å². The minimum Gasteiger partial charge on any atom is -0.289 e. The largest absolute Gasteiger partial charge is 0.289 e. The lowest BCUT2D eigenvalue weighted by atomic mass is 10.3. The molecule has 1 fully saturated rings. The Bertz CT molecular complexity index is 202. The highest BCUT2D eigenvalue weighted by Crippen LogP contribution is 2.08. The van der Waals surface area contributed by atoms with Crippen LogP contribution in [0.3, 0.4) is 0 Å². The van der Waals surface area contributed by atoms with E-state index in [2.05, 4.69) is 0 Å². The molecule has 0 saturated carbocycles. The molecular weight excluding hydrogens is 188 g/mol. The van der Waals surface area contributed by atoms with E-state index in [4.69, 9.17) is 0 Å². The molecule has 1 rings (SSSR count). The van der Waals surface area contributed by atoms with Crippen molar-refractivity contribution in [2.24, 2.45) is 0 Å². The number of carbonyl (C=O) groups is 2. The molecule has 13 heavy (non-hydrogen) atoms. The van der Waals surface area contributed by atoms with Crippen molar-refractivity contribution in [1.82, 2.24) is 9.80 Å². The molecular formula is C8H14N2O2S. The van der Waals surface area contributed by atoms with Gasteiger partial charge in [-0.15, -0.1) is 11.8 Å². The van der Waals surface area contributed by atoms with Crippen LogP contribution < -0.4 is 0 Å². The summed E-state index contributed by atoms with van der Waals surface area (Å²) in [5, 5.41) is 0. The first-order valence-corrected chi connectivity index (χ1v) is 5.40. The second-order valence-corrected chi connectivity index (χ2v) is 4.25. The molecule has 0 radical (unpaired) electrons. The number of likely N-dealkylation sites (N-methyl/N-ethyl adjacent to an activating group) is 1. The van der Waals surface area contributed by atoms with E-state index in [1.54, 1.807) is 23.7 Å². The van der Waals surface area contributed by atoms with E-state index in [0.717, 1.165) is 5.75 Å². The standard InChI is InChI=1S/C8H14N2O2S/c1-3-13-6-10-7(11)4-9(2)5-8(10)12/h3-6H2,1-2H3. The second kappa shape index (κ2) is 4.62. The van der Waals surface area contributed by atoms with Crippen LogP contribution in [-0.4, -0.2) is 53.4 Å². The Labute approximate surface area is 82.3 Å². The molecule has 5 heteroatoms. The Morgan fingerprint density at radius 1 is 1.31 bits per heavy atom. The van der Waals surface area contributed by atoms with Crippen LogP contribution in [0.4, 0.5) is 0 Å². The Morgan fingerprint density at radius 2 is 1.85 bits per heavy atom. The molecule has 1 aliphatic heterocycles. The third kappa shape index (κ3) is 2.70. The van der Waals surface area contributed by atoms with Gasteiger partial charge in [0.25, 0.3) is 0 Å². The highest BCUT2D eigenvalue weighted by molar-refractivity contribution is 7.99. The molecule has 2 amide bonds. The van der Waals surface area contributed by atoms with E-state index in [1.807, 2.05) is 6.92 Å². The first-order valence-electron chi connectivity index (χ1n) is 4.24. The minimum absolute atomic E-state index is 0.0836. The highest BCUT2D eigenvalue weighted by Gasteiger charge is 2.28. The summed E-state index contributed by atoms with van der Waals surface area (Å²) in [4.78, 5) is 25.8. The van der Waals surface area contributed by atoms with Crippen LogP contribution in [0.25, 0.3) is 0 Å². The fourth-order valence-electron chi connectivity index (χ4n) is 1.15. The Morgan fingerprint density at radius 3 is 2.31 bits per heavy atom. The molecule has 74 valence electrons. The molecule has 0 bridgehead atoms. The van der Waals surface area contributed by atoms with Gasteiger partial charge >= 0.3 is 0 Å². The van der Waals surface area contributed by atoms with E-state index in [1.165, 1.54) is 4.90 Å². The topological polar surface area (TPSA) is 40.6 Å². The minimum atomic E-state index is -0.0836. The van der Waals surface area contributed by atoms with Crippen molar-refractivity contribution in [2.45, 2.75) is 6.92 Å². The first-order chi connectivity index (χ1) is 6.15. The summed E-state index contributed by atoms with van der Waals surface area (Å²) >= 11 is 1.59. The van der Waals surface area contributed by atoms with Crippen LogP contribution in [0.1, 0.15) is 6.92 Å². The van der Waals surface area contributed by atoms with Gasteiger partial charge in [-0.25, -0.2) is 0 Å². The molecule has 0 aliphatic carbocycles. The van der Waals surface area contributed by atoms with Gasteiger partial charge in [0, 0.05) is 0 Å². The summed E-state index contributed by atoms with van der Waals surface area (Å²) in [5.41, 5.74) is 0. The average molecular weight is 202 g/mol. The van der Waals surface area contributed by atoms with Gasteiger partial charge in [-0.05, 0) is 12.8 Å². The molecule has 0 spiro atoms. The third-order valence-corrected chi connectivity index (χ3v) is 2.69. The number of piperazine rings is 1. The summed E-state index contributed by atoms with van der Waals surface area (Å²) in [7, 11) is 1.78. The van der Waals surface area contributed by atoms with Crippen LogP contribution in [0, 0.1) is 0 Å². The predicted octanol–water partition coefficient (Wildman–Crippen LogP) is -0.00240. The van der Waals surface area contributed by atoms with Crippen molar-refractivity contribution in [2.75, 3.05) is 31.8 Å². The maximum atomic E-state index is 11.4. The quantitative estimate of drug-likeness (QED) is 0.604. The van der Waals surface area contributed by atoms with Crippen molar-refractivity contribution < 1.29 is 9.59 Å². The average Bonchev–Trinajstić information content (AvgIpc) is 2.02.